The van der Waals surface area contributed by atoms with E-state index in [0.717, 1.165) is 22.2 Å². The number of anilines is 2. The smallest absolute Gasteiger partial charge is 0.258 e. The fraction of sp³-hybridized carbons (Fsp3) is 0.0588. The molecule has 3 N–H and O–H groups in total. The van der Waals surface area contributed by atoms with Crippen molar-refractivity contribution < 1.29 is 4.79 Å². The van der Waals surface area contributed by atoms with Crippen LogP contribution >= 0.6 is 0 Å². The van der Waals surface area contributed by atoms with Crippen molar-refractivity contribution >= 4 is 28.2 Å². The van der Waals surface area contributed by atoms with E-state index < -0.39 is 0 Å². The number of nitrogens with two attached hydrogens (primary N) is 1. The number of carbonyl (C=O) groups excluding carboxylic acids is 1. The van der Waals surface area contributed by atoms with E-state index in [4.69, 9.17) is 5.73 Å². The van der Waals surface area contributed by atoms with Gasteiger partial charge in [0.05, 0.1) is 11.1 Å². The van der Waals surface area contributed by atoms with Gasteiger partial charge >= 0.3 is 0 Å². The quantitative estimate of drug-likeness (QED) is 0.706. The Kier molecular flexibility index (Phi) is 3.28. The van der Waals surface area contributed by atoms with Gasteiger partial charge in [-0.15, -0.1) is 0 Å². The second-order valence-electron chi connectivity index (χ2n) is 4.90. The highest BCUT2D eigenvalue weighted by Gasteiger charge is 2.12. The van der Waals surface area contributed by atoms with Crippen LogP contribution in [0.2, 0.25) is 0 Å². The third-order valence-electron chi connectivity index (χ3n) is 3.39. The van der Waals surface area contributed by atoms with Crippen LogP contribution in [0.1, 0.15) is 15.9 Å². The van der Waals surface area contributed by atoms with Crippen molar-refractivity contribution in [2.45, 2.75) is 6.92 Å². The summed E-state index contributed by atoms with van der Waals surface area (Å²) >= 11 is 0. The molecule has 2 aromatic carbocycles. The van der Waals surface area contributed by atoms with E-state index in [9.17, 15) is 4.79 Å². The fourth-order valence-electron chi connectivity index (χ4n) is 2.35. The van der Waals surface area contributed by atoms with Crippen LogP contribution in [-0.4, -0.2) is 10.9 Å². The Morgan fingerprint density at radius 1 is 1.14 bits per heavy atom. The first kappa shape index (κ1) is 13.1. The van der Waals surface area contributed by atoms with Crippen LogP contribution in [0.3, 0.4) is 0 Å². The maximum atomic E-state index is 12.4. The molecule has 0 spiro atoms. The molecule has 4 heteroatoms. The van der Waals surface area contributed by atoms with E-state index in [1.165, 1.54) is 0 Å². The number of hydrogen-bond acceptors (Lipinski definition) is 3. The molecule has 0 unspecified atom stereocenters. The molecule has 4 nitrogen and oxygen atoms in total. The summed E-state index contributed by atoms with van der Waals surface area (Å²) in [6.07, 6.45) is 1.74. The lowest BCUT2D eigenvalue weighted by atomic mass is 10.1. The number of benzene rings is 2. The van der Waals surface area contributed by atoms with E-state index in [2.05, 4.69) is 10.3 Å². The summed E-state index contributed by atoms with van der Waals surface area (Å²) in [4.78, 5) is 16.6. The molecule has 0 radical (unpaired) electrons. The van der Waals surface area contributed by atoms with Crippen LogP contribution in [0.25, 0.3) is 10.9 Å². The maximum Gasteiger partial charge on any atom is 0.258 e. The molecule has 3 rings (SSSR count). The molecule has 0 saturated heterocycles. The minimum Gasteiger partial charge on any atom is -0.398 e. The Balaban J connectivity index is 1.93. The lowest BCUT2D eigenvalue weighted by Gasteiger charge is -2.10. The zero-order chi connectivity index (χ0) is 14.8. The van der Waals surface area contributed by atoms with Gasteiger partial charge in [0, 0.05) is 23.0 Å². The predicted octanol–water partition coefficient (Wildman–Crippen LogP) is 3.38. The molecule has 21 heavy (non-hydrogen) atoms. The number of amides is 1. The highest BCUT2D eigenvalue weighted by Crippen LogP contribution is 2.21. The molecular formula is C17H15N3O. The van der Waals surface area contributed by atoms with Gasteiger partial charge in [-0.25, -0.2) is 0 Å². The minimum atomic E-state index is -0.200. The monoisotopic (exact) mass is 277 g/mol. The van der Waals surface area contributed by atoms with E-state index in [0.29, 0.717) is 11.3 Å². The Morgan fingerprint density at radius 2 is 2.00 bits per heavy atom. The topological polar surface area (TPSA) is 68.0 Å². The number of nitrogens with zero attached hydrogens (tertiary/aromatic N) is 1. The summed E-state index contributed by atoms with van der Waals surface area (Å²) in [6.45, 7) is 1.87. The zero-order valence-corrected chi connectivity index (χ0v) is 11.6. The summed E-state index contributed by atoms with van der Waals surface area (Å²) in [7, 11) is 0. The van der Waals surface area contributed by atoms with Gasteiger partial charge in [-0.3, -0.25) is 9.78 Å². The number of nitrogens with one attached hydrogen (secondary N) is 1. The summed E-state index contributed by atoms with van der Waals surface area (Å²) in [5.74, 6) is -0.200. The van der Waals surface area contributed by atoms with Crippen LogP contribution in [0.15, 0.2) is 54.7 Å². The Hall–Kier alpha value is -2.88. The van der Waals surface area contributed by atoms with E-state index in [1.807, 2.05) is 49.4 Å². The minimum absolute atomic E-state index is 0.200. The average Bonchev–Trinajstić information content (AvgIpc) is 2.47. The third kappa shape index (κ3) is 2.56. The normalized spacial score (nSPS) is 10.5. The van der Waals surface area contributed by atoms with Gasteiger partial charge in [0.15, 0.2) is 0 Å². The first-order chi connectivity index (χ1) is 10.1. The number of carbonyl (C=O) groups is 1. The largest absolute Gasteiger partial charge is 0.398 e. The second-order valence-corrected chi connectivity index (χ2v) is 4.90. The average molecular weight is 277 g/mol. The first-order valence-electron chi connectivity index (χ1n) is 6.66. The molecule has 0 aliphatic heterocycles. The number of aryl methyl sites for hydroxylation is 1. The van der Waals surface area contributed by atoms with E-state index >= 15 is 0 Å². The third-order valence-corrected chi connectivity index (χ3v) is 3.39. The number of aromatic nitrogens is 1. The van der Waals surface area contributed by atoms with Gasteiger partial charge < -0.3 is 11.1 Å². The van der Waals surface area contributed by atoms with Gasteiger partial charge in [-0.1, -0.05) is 18.2 Å². The highest BCUT2D eigenvalue weighted by atomic mass is 16.1. The summed E-state index contributed by atoms with van der Waals surface area (Å²) < 4.78 is 0. The molecule has 0 saturated carbocycles. The second kappa shape index (κ2) is 5.25. The van der Waals surface area contributed by atoms with Crippen LogP contribution in [0, 0.1) is 6.92 Å². The van der Waals surface area contributed by atoms with Gasteiger partial charge in [0.25, 0.3) is 5.91 Å². The van der Waals surface area contributed by atoms with Crippen molar-refractivity contribution in [3.8, 4) is 0 Å². The molecule has 104 valence electrons. The standard InChI is InChI=1S/C17H15N3O/c1-11-4-2-6-14(18)16(11)17(21)20-13-7-8-15-12(10-13)5-3-9-19-15/h2-10H,18H2,1H3,(H,20,21). The molecule has 1 amide bonds. The van der Waals surface area contributed by atoms with Crippen molar-refractivity contribution in [1.29, 1.82) is 0 Å². The van der Waals surface area contributed by atoms with Crippen LogP contribution < -0.4 is 11.1 Å². The molecule has 0 aliphatic carbocycles. The molecule has 0 aliphatic rings. The molecule has 1 heterocycles. The summed E-state index contributed by atoms with van der Waals surface area (Å²) in [5, 5.41) is 3.86. The van der Waals surface area contributed by atoms with Crippen molar-refractivity contribution in [3.05, 3.63) is 65.9 Å². The Labute approximate surface area is 122 Å². The van der Waals surface area contributed by atoms with Crippen LogP contribution in [-0.2, 0) is 0 Å². The van der Waals surface area contributed by atoms with Gasteiger partial charge in [-0.2, -0.15) is 0 Å². The Bertz CT molecular complexity index is 807. The number of hydrogen-bond donors (Lipinski definition) is 2. The number of fused-ring (bicyclic) bond motifs is 1. The molecule has 3 aromatic rings. The number of pyridine rings is 1. The molecule has 1 aromatic heterocycles. The lowest BCUT2D eigenvalue weighted by molar-refractivity contribution is 0.102. The summed E-state index contributed by atoms with van der Waals surface area (Å²) in [6, 6.07) is 14.9. The number of rotatable bonds is 2. The molecule has 0 atom stereocenters. The van der Waals surface area contributed by atoms with Gasteiger partial charge in [-0.05, 0) is 42.8 Å². The SMILES string of the molecule is Cc1cccc(N)c1C(=O)Nc1ccc2ncccc2c1. The maximum absolute atomic E-state index is 12.4. The van der Waals surface area contributed by atoms with Gasteiger partial charge in [0.2, 0.25) is 0 Å². The lowest BCUT2D eigenvalue weighted by Crippen LogP contribution is -2.15. The molecular weight excluding hydrogens is 262 g/mol. The van der Waals surface area contributed by atoms with Crippen LogP contribution in [0.4, 0.5) is 11.4 Å². The number of nitrogen functional groups attached to an aromatic ring is 1. The van der Waals surface area contributed by atoms with Crippen molar-refractivity contribution in [2.24, 2.45) is 0 Å². The van der Waals surface area contributed by atoms with Crippen LogP contribution in [0.5, 0.6) is 0 Å². The fourth-order valence-corrected chi connectivity index (χ4v) is 2.35. The first-order valence-corrected chi connectivity index (χ1v) is 6.66. The van der Waals surface area contributed by atoms with Crippen molar-refractivity contribution in [1.82, 2.24) is 4.98 Å². The van der Waals surface area contributed by atoms with E-state index in [1.54, 1.807) is 12.3 Å². The summed E-state index contributed by atoms with van der Waals surface area (Å²) in [5.41, 5.74) is 9.37. The molecule has 0 bridgehead atoms. The Morgan fingerprint density at radius 3 is 2.81 bits per heavy atom. The van der Waals surface area contributed by atoms with Gasteiger partial charge in [0.1, 0.15) is 0 Å². The van der Waals surface area contributed by atoms with Crippen molar-refractivity contribution in [3.63, 3.8) is 0 Å². The van der Waals surface area contributed by atoms with E-state index in [-0.39, 0.29) is 5.91 Å². The van der Waals surface area contributed by atoms with Crippen molar-refractivity contribution in [2.75, 3.05) is 11.1 Å². The zero-order valence-electron chi connectivity index (χ0n) is 11.6. The predicted molar refractivity (Wildman–Crippen MR) is 85.3 cm³/mol. The highest BCUT2D eigenvalue weighted by molar-refractivity contribution is 6.09. The molecule has 0 fully saturated rings.